The summed E-state index contributed by atoms with van der Waals surface area (Å²) in [4.78, 5) is 15.2. The maximum atomic E-state index is 11.8. The molecule has 2 aliphatic carbocycles. The Morgan fingerprint density at radius 2 is 1.61 bits per heavy atom. The lowest BCUT2D eigenvalue weighted by Crippen LogP contribution is -2.49. The van der Waals surface area contributed by atoms with Crippen LogP contribution in [0.3, 0.4) is 0 Å². The molecule has 3 aromatic carbocycles. The molecule has 0 saturated carbocycles. The molecular formula is C34H29NO5S. The molecule has 6 nitrogen and oxygen atoms in total. The van der Waals surface area contributed by atoms with Gasteiger partial charge in [0.25, 0.3) is 5.79 Å². The summed E-state index contributed by atoms with van der Waals surface area (Å²) in [5.41, 5.74) is 1.45. The number of fused-ring (bicyclic) bond motifs is 4. The molecule has 2 spiro atoms. The monoisotopic (exact) mass is 563 g/mol. The fourth-order valence-corrected chi connectivity index (χ4v) is 7.72. The van der Waals surface area contributed by atoms with Crippen molar-refractivity contribution in [3.05, 3.63) is 125 Å². The second-order valence-electron chi connectivity index (χ2n) is 11.3. The van der Waals surface area contributed by atoms with Gasteiger partial charge < -0.3 is 23.5 Å². The summed E-state index contributed by atoms with van der Waals surface area (Å²) in [6, 6.07) is 25.7. The van der Waals surface area contributed by atoms with E-state index in [1.807, 2.05) is 36.0 Å². The molecule has 2 aliphatic heterocycles. The van der Waals surface area contributed by atoms with E-state index < -0.39 is 28.2 Å². The van der Waals surface area contributed by atoms with Crippen LogP contribution in [0.15, 0.2) is 117 Å². The Kier molecular flexibility index (Phi) is 5.25. The second-order valence-corrected chi connectivity index (χ2v) is 12.4. The Morgan fingerprint density at radius 1 is 0.854 bits per heavy atom. The van der Waals surface area contributed by atoms with E-state index in [1.54, 1.807) is 12.1 Å². The van der Waals surface area contributed by atoms with Crippen LogP contribution in [0.1, 0.15) is 24.0 Å². The van der Waals surface area contributed by atoms with Crippen LogP contribution in [-0.4, -0.2) is 31.1 Å². The Hall–Kier alpha value is -3.78. The molecule has 3 heterocycles. The topological polar surface area (TPSA) is 67.7 Å². The molecule has 206 valence electrons. The summed E-state index contributed by atoms with van der Waals surface area (Å²) >= 11 is 1.87. The quantitative estimate of drug-likeness (QED) is 0.104. The highest BCUT2D eigenvalue weighted by Gasteiger charge is 2.96. The van der Waals surface area contributed by atoms with E-state index in [1.165, 1.54) is 16.6 Å². The van der Waals surface area contributed by atoms with E-state index in [2.05, 4.69) is 79.7 Å². The summed E-state index contributed by atoms with van der Waals surface area (Å²) in [7, 11) is 4.11. The summed E-state index contributed by atoms with van der Waals surface area (Å²) in [5.74, 6) is 0.514. The summed E-state index contributed by atoms with van der Waals surface area (Å²) in [6.45, 7) is 0. The van der Waals surface area contributed by atoms with Gasteiger partial charge in [-0.05, 0) is 78.8 Å². The summed E-state index contributed by atoms with van der Waals surface area (Å²) in [5, 5.41) is 0.831. The smallest absolute Gasteiger partial charge is 0.336 e. The first-order valence-electron chi connectivity index (χ1n) is 13.9. The minimum Gasteiger partial charge on any atom is -0.454 e. The normalized spacial score (nSPS) is 29.7. The third-order valence-corrected chi connectivity index (χ3v) is 9.94. The van der Waals surface area contributed by atoms with Gasteiger partial charge in [0.15, 0.2) is 11.2 Å². The zero-order chi connectivity index (χ0) is 27.9. The van der Waals surface area contributed by atoms with Crippen LogP contribution < -0.4 is 15.3 Å². The molecule has 4 aromatic rings. The standard InChI is InChI=1S/C34H29NO5S/c1-35(2)24-12-15-26(16-13-24)41-21-7-18-31-27-8-3-4-9-28(27)34(33(40-34)20-6-5-19-32(31,33)39-31)38-25-14-10-23-11-17-30(36)37-29(23)22-25/h3-6,8-17,19-20,22H,7,18,21H2,1-2H3. The predicted molar refractivity (Wildman–Crippen MR) is 160 cm³/mol. The van der Waals surface area contributed by atoms with E-state index >= 15 is 0 Å². The highest BCUT2D eigenvalue weighted by molar-refractivity contribution is 7.99. The number of epoxide rings is 2. The van der Waals surface area contributed by atoms with E-state index in [0.717, 1.165) is 35.1 Å². The van der Waals surface area contributed by atoms with Crippen LogP contribution in [0.25, 0.3) is 11.0 Å². The summed E-state index contributed by atoms with van der Waals surface area (Å²) in [6.07, 6.45) is 10.2. The Bertz CT molecular complexity index is 1810. The van der Waals surface area contributed by atoms with Gasteiger partial charge >= 0.3 is 5.63 Å². The van der Waals surface area contributed by atoms with Gasteiger partial charge in [0.2, 0.25) is 0 Å². The zero-order valence-electron chi connectivity index (χ0n) is 22.8. The Morgan fingerprint density at radius 3 is 2.41 bits per heavy atom. The van der Waals surface area contributed by atoms with E-state index in [4.69, 9.17) is 18.6 Å². The molecule has 41 heavy (non-hydrogen) atoms. The lowest BCUT2D eigenvalue weighted by Gasteiger charge is -2.33. The van der Waals surface area contributed by atoms with Crippen LogP contribution in [-0.2, 0) is 20.9 Å². The Balaban J connectivity index is 1.10. The van der Waals surface area contributed by atoms with Crippen molar-refractivity contribution in [1.82, 2.24) is 0 Å². The third-order valence-electron chi connectivity index (χ3n) is 8.84. The highest BCUT2D eigenvalue weighted by atomic mass is 32.2. The lowest BCUT2D eigenvalue weighted by atomic mass is 9.64. The van der Waals surface area contributed by atoms with Crippen molar-refractivity contribution in [3.63, 3.8) is 0 Å². The first kappa shape index (κ1) is 25.0. The highest BCUT2D eigenvalue weighted by Crippen LogP contribution is 2.81. The van der Waals surface area contributed by atoms with Crippen molar-refractivity contribution < 1.29 is 18.6 Å². The fourth-order valence-electron chi connectivity index (χ4n) is 6.87. The van der Waals surface area contributed by atoms with Crippen LogP contribution in [0, 0.1) is 0 Å². The number of rotatable bonds is 8. The van der Waals surface area contributed by atoms with Crippen LogP contribution in [0.2, 0.25) is 0 Å². The second kappa shape index (κ2) is 8.61. The van der Waals surface area contributed by atoms with Crippen molar-refractivity contribution in [2.75, 3.05) is 24.7 Å². The molecule has 7 heteroatoms. The van der Waals surface area contributed by atoms with Crippen LogP contribution >= 0.6 is 11.8 Å². The van der Waals surface area contributed by atoms with Gasteiger partial charge in [0, 0.05) is 47.8 Å². The lowest BCUT2D eigenvalue weighted by molar-refractivity contribution is 0.0570. The van der Waals surface area contributed by atoms with Crippen molar-refractivity contribution in [2.45, 2.75) is 40.3 Å². The fraction of sp³-hybridized carbons (Fsp3) is 0.265. The van der Waals surface area contributed by atoms with Crippen molar-refractivity contribution in [2.24, 2.45) is 0 Å². The Labute approximate surface area is 242 Å². The number of hydrogen-bond acceptors (Lipinski definition) is 7. The SMILES string of the molecule is CN(C)c1ccc(SCCCC23OC24C=CC=CC42OC2(Oc2ccc4ccc(=O)oc4c2)c2ccccc23)cc1. The number of benzene rings is 3. The largest absolute Gasteiger partial charge is 0.454 e. The first-order valence-corrected chi connectivity index (χ1v) is 14.9. The molecule has 0 bridgehead atoms. The molecule has 0 amide bonds. The van der Waals surface area contributed by atoms with Crippen LogP contribution in [0.4, 0.5) is 5.69 Å². The van der Waals surface area contributed by atoms with Gasteiger partial charge in [0.1, 0.15) is 16.9 Å². The number of thioether (sulfide) groups is 1. The molecule has 4 atom stereocenters. The molecule has 2 fully saturated rings. The molecular weight excluding hydrogens is 534 g/mol. The van der Waals surface area contributed by atoms with E-state index in [9.17, 15) is 4.79 Å². The molecule has 0 radical (unpaired) electrons. The van der Waals surface area contributed by atoms with Crippen molar-refractivity contribution in [1.29, 1.82) is 0 Å². The maximum Gasteiger partial charge on any atom is 0.336 e. The van der Waals surface area contributed by atoms with Gasteiger partial charge in [-0.2, -0.15) is 0 Å². The number of allylic oxidation sites excluding steroid dienone is 2. The molecule has 4 aliphatic rings. The van der Waals surface area contributed by atoms with E-state index in [0.29, 0.717) is 11.3 Å². The zero-order valence-corrected chi connectivity index (χ0v) is 23.6. The number of anilines is 1. The maximum absolute atomic E-state index is 11.8. The number of nitrogens with zero attached hydrogens (tertiary/aromatic N) is 1. The minimum atomic E-state index is -1.05. The van der Waals surface area contributed by atoms with Gasteiger partial charge in [-0.1, -0.05) is 36.4 Å². The van der Waals surface area contributed by atoms with Gasteiger partial charge in [-0.25, -0.2) is 4.79 Å². The minimum absolute atomic E-state index is 0.394. The molecule has 4 unspecified atom stereocenters. The first-order chi connectivity index (χ1) is 19.9. The van der Waals surface area contributed by atoms with Gasteiger partial charge in [-0.15, -0.1) is 11.8 Å². The average molecular weight is 564 g/mol. The molecule has 0 N–H and O–H groups in total. The molecule has 8 rings (SSSR count). The third kappa shape index (κ3) is 3.37. The average Bonchev–Trinajstić information content (AvgIpc) is 3.85. The molecule has 2 saturated heterocycles. The number of hydrogen-bond donors (Lipinski definition) is 0. The van der Waals surface area contributed by atoms with Gasteiger partial charge in [-0.3, -0.25) is 0 Å². The van der Waals surface area contributed by atoms with Crippen molar-refractivity contribution in [3.8, 4) is 5.75 Å². The van der Waals surface area contributed by atoms with Gasteiger partial charge in [0.05, 0.1) is 0 Å². The molecule has 1 aromatic heterocycles. The predicted octanol–water partition coefficient (Wildman–Crippen LogP) is 6.54. The van der Waals surface area contributed by atoms with E-state index in [-0.39, 0.29) is 0 Å². The van der Waals surface area contributed by atoms with Crippen LogP contribution in [0.5, 0.6) is 5.75 Å². The summed E-state index contributed by atoms with van der Waals surface area (Å²) < 4.78 is 25.7. The number of ether oxygens (including phenoxy) is 3. The van der Waals surface area contributed by atoms with Crippen molar-refractivity contribution >= 4 is 28.4 Å².